The van der Waals surface area contributed by atoms with E-state index in [1.54, 1.807) is 12.1 Å². The topological polar surface area (TPSA) is 71.0 Å². The molecule has 0 amide bonds. The molecule has 0 radical (unpaired) electrons. The number of hydrogen-bond donors (Lipinski definition) is 1. The average molecular weight is 375 g/mol. The van der Waals surface area contributed by atoms with Crippen molar-refractivity contribution in [1.82, 2.24) is 4.83 Å². The summed E-state index contributed by atoms with van der Waals surface area (Å²) in [6.07, 6.45) is 1.48. The number of nitrogens with one attached hydrogen (secondary N) is 1. The molecular weight excluding hydrogens is 350 g/mol. The second-order valence-corrected chi connectivity index (χ2v) is 7.18. The van der Waals surface area contributed by atoms with Crippen LogP contribution in [0.1, 0.15) is 26.3 Å². The van der Waals surface area contributed by atoms with E-state index < -0.39 is 10.0 Å². The van der Waals surface area contributed by atoms with Crippen molar-refractivity contribution in [2.75, 3.05) is 24.6 Å². The zero-order valence-electron chi connectivity index (χ0n) is 15.3. The number of anilines is 1. The fraction of sp³-hybridized carbons (Fsp3) is 0.316. The van der Waals surface area contributed by atoms with Crippen molar-refractivity contribution < 1.29 is 13.2 Å². The van der Waals surface area contributed by atoms with E-state index in [4.69, 9.17) is 4.74 Å². The van der Waals surface area contributed by atoms with Crippen molar-refractivity contribution in [3.05, 3.63) is 54.1 Å². The number of rotatable bonds is 9. The summed E-state index contributed by atoms with van der Waals surface area (Å²) in [5.41, 5.74) is 1.94. The molecule has 0 atom stereocenters. The van der Waals surface area contributed by atoms with E-state index in [-0.39, 0.29) is 4.90 Å². The summed E-state index contributed by atoms with van der Waals surface area (Å²) in [5.74, 6) is 0.628. The smallest absolute Gasteiger partial charge is 0.276 e. The van der Waals surface area contributed by atoms with Crippen molar-refractivity contribution >= 4 is 21.9 Å². The first-order valence-electron chi connectivity index (χ1n) is 8.62. The molecule has 0 spiro atoms. The van der Waals surface area contributed by atoms with Gasteiger partial charge in [-0.2, -0.15) is 13.5 Å². The summed E-state index contributed by atoms with van der Waals surface area (Å²) >= 11 is 0. The van der Waals surface area contributed by atoms with E-state index in [0.29, 0.717) is 12.4 Å². The van der Waals surface area contributed by atoms with Crippen LogP contribution in [0.5, 0.6) is 5.75 Å². The van der Waals surface area contributed by atoms with Crippen LogP contribution >= 0.6 is 0 Å². The summed E-state index contributed by atoms with van der Waals surface area (Å²) in [6.45, 7) is 8.48. The van der Waals surface area contributed by atoms with Crippen molar-refractivity contribution in [1.29, 1.82) is 0 Å². The van der Waals surface area contributed by atoms with Crippen LogP contribution in [0, 0.1) is 0 Å². The fourth-order valence-electron chi connectivity index (χ4n) is 2.46. The van der Waals surface area contributed by atoms with Gasteiger partial charge in [0, 0.05) is 18.8 Å². The van der Waals surface area contributed by atoms with Crippen molar-refractivity contribution in [2.45, 2.75) is 25.7 Å². The number of sulfonamides is 1. The molecule has 0 aliphatic carbocycles. The minimum absolute atomic E-state index is 0.134. The number of nitrogens with zero attached hydrogens (tertiary/aromatic N) is 2. The fourth-order valence-corrected chi connectivity index (χ4v) is 3.26. The highest BCUT2D eigenvalue weighted by Gasteiger charge is 2.12. The first-order valence-corrected chi connectivity index (χ1v) is 10.1. The van der Waals surface area contributed by atoms with E-state index in [2.05, 4.69) is 28.7 Å². The van der Waals surface area contributed by atoms with E-state index in [1.165, 1.54) is 18.3 Å². The number of ether oxygens (including phenoxy) is 1. The zero-order chi connectivity index (χ0) is 19.0. The quantitative estimate of drug-likeness (QED) is 0.539. The van der Waals surface area contributed by atoms with E-state index in [9.17, 15) is 8.42 Å². The van der Waals surface area contributed by atoms with Gasteiger partial charge in [0.25, 0.3) is 10.0 Å². The highest BCUT2D eigenvalue weighted by molar-refractivity contribution is 7.89. The van der Waals surface area contributed by atoms with Gasteiger partial charge in [-0.25, -0.2) is 4.83 Å². The van der Waals surface area contributed by atoms with Crippen LogP contribution in [0.4, 0.5) is 5.69 Å². The van der Waals surface area contributed by atoms with Gasteiger partial charge in [0.1, 0.15) is 5.75 Å². The maximum atomic E-state index is 12.2. The lowest BCUT2D eigenvalue weighted by Gasteiger charge is -2.20. The molecule has 140 valence electrons. The average Bonchev–Trinajstić information content (AvgIpc) is 2.64. The monoisotopic (exact) mass is 375 g/mol. The molecule has 2 aromatic rings. The van der Waals surface area contributed by atoms with Crippen LogP contribution in [0.3, 0.4) is 0 Å². The maximum Gasteiger partial charge on any atom is 0.276 e. The molecule has 6 nitrogen and oxygen atoms in total. The Labute approximate surface area is 155 Å². The van der Waals surface area contributed by atoms with Crippen molar-refractivity contribution in [2.24, 2.45) is 5.10 Å². The predicted molar refractivity (Wildman–Crippen MR) is 106 cm³/mol. The van der Waals surface area contributed by atoms with Crippen LogP contribution in [-0.4, -0.2) is 34.3 Å². The van der Waals surface area contributed by atoms with Crippen LogP contribution in [0.2, 0.25) is 0 Å². The summed E-state index contributed by atoms with van der Waals surface area (Å²) in [4.78, 5) is 4.59. The Hall–Kier alpha value is -2.54. The third-order valence-corrected chi connectivity index (χ3v) is 5.09. The van der Waals surface area contributed by atoms with Gasteiger partial charge in [0.05, 0.1) is 17.7 Å². The Morgan fingerprint density at radius 3 is 2.15 bits per heavy atom. The predicted octanol–water partition coefficient (Wildman–Crippen LogP) is 3.24. The molecule has 0 aliphatic heterocycles. The molecule has 0 aliphatic rings. The van der Waals surface area contributed by atoms with Gasteiger partial charge in [0.2, 0.25) is 0 Å². The standard InChI is InChI=1S/C19H25N3O3S/c1-4-22(5-2)17-9-7-16(8-10-17)15-20-21-26(23,24)19-13-11-18(12-14-19)25-6-3/h7-15,21H,4-6H2,1-3H3. The van der Waals surface area contributed by atoms with E-state index in [1.807, 2.05) is 31.2 Å². The molecule has 0 saturated heterocycles. The van der Waals surface area contributed by atoms with E-state index >= 15 is 0 Å². The minimum Gasteiger partial charge on any atom is -0.494 e. The molecule has 0 unspecified atom stereocenters. The van der Waals surface area contributed by atoms with Gasteiger partial charge in [-0.15, -0.1) is 0 Å². The van der Waals surface area contributed by atoms with Gasteiger partial charge in [-0.1, -0.05) is 12.1 Å². The lowest BCUT2D eigenvalue weighted by molar-refractivity contribution is 0.340. The number of hydrogen-bond acceptors (Lipinski definition) is 5. The highest BCUT2D eigenvalue weighted by atomic mass is 32.2. The van der Waals surface area contributed by atoms with Gasteiger partial charge in [0.15, 0.2) is 0 Å². The minimum atomic E-state index is -3.70. The SMILES string of the molecule is CCOc1ccc(S(=O)(=O)NN=Cc2ccc(N(CC)CC)cc2)cc1. The van der Waals surface area contributed by atoms with Crippen LogP contribution in [0.25, 0.3) is 0 Å². The Kier molecular flexibility index (Phi) is 7.03. The molecule has 26 heavy (non-hydrogen) atoms. The molecule has 7 heteroatoms. The Balaban J connectivity index is 2.02. The number of benzene rings is 2. The first-order chi connectivity index (χ1) is 12.5. The third kappa shape index (κ3) is 5.23. The van der Waals surface area contributed by atoms with Crippen LogP contribution < -0.4 is 14.5 Å². The Morgan fingerprint density at radius 1 is 1.00 bits per heavy atom. The molecule has 2 rings (SSSR count). The van der Waals surface area contributed by atoms with E-state index in [0.717, 1.165) is 24.3 Å². The normalized spacial score (nSPS) is 11.5. The molecule has 0 bridgehead atoms. The molecule has 0 heterocycles. The van der Waals surface area contributed by atoms with Crippen LogP contribution in [0.15, 0.2) is 58.5 Å². The molecule has 0 aromatic heterocycles. The van der Waals surface area contributed by atoms with Gasteiger partial charge >= 0.3 is 0 Å². The Bertz CT molecular complexity index is 812. The zero-order valence-corrected chi connectivity index (χ0v) is 16.2. The van der Waals surface area contributed by atoms with Crippen molar-refractivity contribution in [3.63, 3.8) is 0 Å². The summed E-state index contributed by atoms with van der Waals surface area (Å²) in [7, 11) is -3.70. The van der Waals surface area contributed by atoms with Crippen LogP contribution in [-0.2, 0) is 10.0 Å². The lowest BCUT2D eigenvalue weighted by Crippen LogP contribution is -2.21. The molecule has 1 N–H and O–H groups in total. The van der Waals surface area contributed by atoms with Gasteiger partial charge in [-0.3, -0.25) is 0 Å². The maximum absolute atomic E-state index is 12.2. The summed E-state index contributed by atoms with van der Waals surface area (Å²) in [5, 5.41) is 3.86. The summed E-state index contributed by atoms with van der Waals surface area (Å²) < 4.78 is 29.8. The second-order valence-electron chi connectivity index (χ2n) is 5.52. The van der Waals surface area contributed by atoms with Gasteiger partial charge in [-0.05, 0) is 62.7 Å². The summed E-state index contributed by atoms with van der Waals surface area (Å²) in [6, 6.07) is 14.0. The third-order valence-electron chi connectivity index (χ3n) is 3.85. The molecule has 0 saturated carbocycles. The number of hydrazone groups is 1. The largest absolute Gasteiger partial charge is 0.494 e. The van der Waals surface area contributed by atoms with Crippen molar-refractivity contribution in [3.8, 4) is 5.75 Å². The lowest BCUT2D eigenvalue weighted by atomic mass is 10.2. The highest BCUT2D eigenvalue weighted by Crippen LogP contribution is 2.16. The first kappa shape index (κ1) is 19.8. The Morgan fingerprint density at radius 2 is 1.62 bits per heavy atom. The molecule has 2 aromatic carbocycles. The second kappa shape index (κ2) is 9.24. The molecular formula is C19H25N3O3S. The molecule has 0 fully saturated rings. The van der Waals surface area contributed by atoms with Gasteiger partial charge < -0.3 is 9.64 Å².